The molecule has 176 valence electrons. The molecule has 0 radical (unpaired) electrons. The number of para-hydroxylation sites is 1. The highest BCUT2D eigenvalue weighted by Gasteiger charge is 2.16. The first-order chi connectivity index (χ1) is 15.8. The van der Waals surface area contributed by atoms with Crippen molar-refractivity contribution in [3.63, 3.8) is 0 Å². The van der Waals surface area contributed by atoms with E-state index in [1.54, 1.807) is 37.4 Å². The van der Waals surface area contributed by atoms with Crippen LogP contribution in [0.5, 0.6) is 5.75 Å². The van der Waals surface area contributed by atoms with Crippen LogP contribution in [-0.2, 0) is 32.7 Å². The molecule has 1 heterocycles. The molecular formula is C24H28N2O6S. The van der Waals surface area contributed by atoms with E-state index in [2.05, 4.69) is 5.16 Å². The number of nitrogens with zero attached hydrogens (tertiary/aromatic N) is 2. The standard InChI is InChI=1S/C24H28N2O6S/c1-3-12-31-25-22(18-8-7-9-20(14-18)32-33(29,30)13-4-2)17-26-16-19(15-24(27)28)21-10-5-6-11-23(21)26/h5-11,14,16H,3-4,12-13,15,17H2,1-2H3,(H,27,28). The van der Waals surface area contributed by atoms with Crippen LogP contribution in [-0.4, -0.2) is 42.1 Å². The van der Waals surface area contributed by atoms with Gasteiger partial charge in [-0.3, -0.25) is 4.79 Å². The van der Waals surface area contributed by atoms with Gasteiger partial charge in [-0.05, 0) is 36.6 Å². The van der Waals surface area contributed by atoms with Gasteiger partial charge in [-0.1, -0.05) is 49.3 Å². The summed E-state index contributed by atoms with van der Waals surface area (Å²) in [6.07, 6.45) is 2.95. The van der Waals surface area contributed by atoms with Crippen molar-refractivity contribution < 1.29 is 27.3 Å². The van der Waals surface area contributed by atoms with Crippen LogP contribution in [0.15, 0.2) is 59.9 Å². The number of rotatable bonds is 12. The summed E-state index contributed by atoms with van der Waals surface area (Å²) in [6.45, 7) is 4.48. The predicted molar refractivity (Wildman–Crippen MR) is 127 cm³/mol. The topological polar surface area (TPSA) is 107 Å². The molecule has 3 rings (SSSR count). The molecule has 0 amide bonds. The van der Waals surface area contributed by atoms with E-state index >= 15 is 0 Å². The third-order valence-corrected chi connectivity index (χ3v) is 6.20. The first-order valence-electron chi connectivity index (χ1n) is 10.8. The molecule has 0 unspecified atom stereocenters. The largest absolute Gasteiger partial charge is 0.481 e. The van der Waals surface area contributed by atoms with Gasteiger partial charge in [-0.15, -0.1) is 0 Å². The molecule has 2 aromatic carbocycles. The van der Waals surface area contributed by atoms with Gasteiger partial charge >= 0.3 is 16.1 Å². The van der Waals surface area contributed by atoms with Gasteiger partial charge < -0.3 is 18.7 Å². The quantitative estimate of drug-likeness (QED) is 0.183. The Hall–Kier alpha value is -3.33. The fourth-order valence-corrected chi connectivity index (χ4v) is 4.45. The van der Waals surface area contributed by atoms with E-state index in [-0.39, 0.29) is 17.9 Å². The summed E-state index contributed by atoms with van der Waals surface area (Å²) in [5.41, 5.74) is 2.78. The fourth-order valence-electron chi connectivity index (χ4n) is 3.47. The molecule has 0 bridgehead atoms. The van der Waals surface area contributed by atoms with Crippen molar-refractivity contribution in [3.05, 3.63) is 65.9 Å². The maximum absolute atomic E-state index is 12.1. The lowest BCUT2D eigenvalue weighted by Crippen LogP contribution is -2.15. The molecule has 0 fully saturated rings. The van der Waals surface area contributed by atoms with E-state index < -0.39 is 16.1 Å². The third kappa shape index (κ3) is 6.58. The Labute approximate surface area is 193 Å². The molecule has 1 N–H and O–H groups in total. The lowest BCUT2D eigenvalue weighted by molar-refractivity contribution is -0.136. The van der Waals surface area contributed by atoms with Crippen LogP contribution in [0.3, 0.4) is 0 Å². The van der Waals surface area contributed by atoms with Crippen molar-refractivity contribution in [3.8, 4) is 5.75 Å². The number of hydrogen-bond donors (Lipinski definition) is 1. The first kappa shape index (κ1) is 24.3. The van der Waals surface area contributed by atoms with Crippen molar-refractivity contribution in [1.29, 1.82) is 0 Å². The molecule has 0 atom stereocenters. The zero-order valence-corrected chi connectivity index (χ0v) is 19.5. The molecule has 0 aliphatic carbocycles. The van der Waals surface area contributed by atoms with Gasteiger partial charge in [0.05, 0.1) is 18.7 Å². The highest BCUT2D eigenvalue weighted by Crippen LogP contribution is 2.24. The Morgan fingerprint density at radius 3 is 2.61 bits per heavy atom. The molecule has 1 aromatic heterocycles. The summed E-state index contributed by atoms with van der Waals surface area (Å²) < 4.78 is 31.3. The monoisotopic (exact) mass is 472 g/mol. The minimum absolute atomic E-state index is 0.0699. The molecule has 0 aliphatic heterocycles. The van der Waals surface area contributed by atoms with E-state index in [4.69, 9.17) is 9.02 Å². The number of fused-ring (bicyclic) bond motifs is 1. The van der Waals surface area contributed by atoms with Crippen LogP contribution in [0.2, 0.25) is 0 Å². The van der Waals surface area contributed by atoms with Crippen molar-refractivity contribution in [2.45, 2.75) is 39.7 Å². The van der Waals surface area contributed by atoms with E-state index in [1.807, 2.05) is 35.8 Å². The minimum Gasteiger partial charge on any atom is -0.481 e. The molecule has 0 saturated heterocycles. The molecule has 0 spiro atoms. The molecule has 9 heteroatoms. The highest BCUT2D eigenvalue weighted by molar-refractivity contribution is 7.87. The van der Waals surface area contributed by atoms with Gasteiger partial charge in [0.1, 0.15) is 18.1 Å². The zero-order valence-electron chi connectivity index (χ0n) is 18.7. The SMILES string of the molecule is CCCON=C(Cn1cc(CC(=O)O)c2ccccc21)c1cccc(OS(=O)(=O)CCC)c1. The maximum Gasteiger partial charge on any atom is 0.309 e. The van der Waals surface area contributed by atoms with Gasteiger partial charge in [0.25, 0.3) is 0 Å². The van der Waals surface area contributed by atoms with Gasteiger partial charge in [0, 0.05) is 22.7 Å². The average Bonchev–Trinajstić information content (AvgIpc) is 3.09. The molecule has 0 saturated carbocycles. The lowest BCUT2D eigenvalue weighted by atomic mass is 10.1. The summed E-state index contributed by atoms with van der Waals surface area (Å²) in [7, 11) is -3.68. The van der Waals surface area contributed by atoms with E-state index in [9.17, 15) is 18.3 Å². The second-order valence-corrected chi connectivity index (χ2v) is 9.30. The molecule has 8 nitrogen and oxygen atoms in total. The lowest BCUT2D eigenvalue weighted by Gasteiger charge is -2.12. The molecular weight excluding hydrogens is 444 g/mol. The molecule has 3 aromatic rings. The van der Waals surface area contributed by atoms with Crippen molar-refractivity contribution in [1.82, 2.24) is 4.57 Å². The summed E-state index contributed by atoms with van der Waals surface area (Å²) in [4.78, 5) is 16.8. The van der Waals surface area contributed by atoms with Crippen molar-refractivity contribution >= 4 is 32.7 Å². The summed E-state index contributed by atoms with van der Waals surface area (Å²) in [6, 6.07) is 14.3. The number of aliphatic carboxylic acids is 1. The number of benzene rings is 2. The van der Waals surface area contributed by atoms with Crippen LogP contribution >= 0.6 is 0 Å². The number of carboxylic acid groups (broad SMARTS) is 1. The Bertz CT molecular complexity index is 1250. The Balaban J connectivity index is 1.98. The summed E-state index contributed by atoms with van der Waals surface area (Å²) in [5, 5.41) is 14.4. The third-order valence-electron chi connectivity index (χ3n) is 4.85. The molecule has 0 aliphatic rings. The number of carboxylic acids is 1. The average molecular weight is 473 g/mol. The number of carbonyl (C=O) groups is 1. The number of hydrogen-bond acceptors (Lipinski definition) is 6. The van der Waals surface area contributed by atoms with Crippen LogP contribution in [0.1, 0.15) is 37.8 Å². The Kier molecular flexibility index (Phi) is 8.11. The van der Waals surface area contributed by atoms with Crippen molar-refractivity contribution in [2.75, 3.05) is 12.4 Å². The first-order valence-corrected chi connectivity index (χ1v) is 12.4. The van der Waals surface area contributed by atoms with Crippen molar-refractivity contribution in [2.24, 2.45) is 5.16 Å². The Morgan fingerprint density at radius 2 is 1.88 bits per heavy atom. The van der Waals surface area contributed by atoms with Crippen LogP contribution < -0.4 is 4.18 Å². The maximum atomic E-state index is 12.1. The van der Waals surface area contributed by atoms with Gasteiger partial charge in [-0.25, -0.2) is 0 Å². The molecule has 33 heavy (non-hydrogen) atoms. The fraction of sp³-hybridized carbons (Fsp3) is 0.333. The second-order valence-electron chi connectivity index (χ2n) is 7.61. The van der Waals surface area contributed by atoms with E-state index in [1.165, 1.54) is 0 Å². The van der Waals surface area contributed by atoms with E-state index in [0.717, 1.165) is 17.3 Å². The Morgan fingerprint density at radius 1 is 1.09 bits per heavy atom. The van der Waals surface area contributed by atoms with Crippen LogP contribution in [0.4, 0.5) is 0 Å². The summed E-state index contributed by atoms with van der Waals surface area (Å²) >= 11 is 0. The van der Waals surface area contributed by atoms with Gasteiger partial charge in [-0.2, -0.15) is 8.42 Å². The highest BCUT2D eigenvalue weighted by atomic mass is 32.2. The summed E-state index contributed by atoms with van der Waals surface area (Å²) in [5.74, 6) is -0.774. The number of oxime groups is 1. The number of aromatic nitrogens is 1. The zero-order chi connectivity index (χ0) is 23.8. The van der Waals surface area contributed by atoms with Crippen LogP contribution in [0.25, 0.3) is 10.9 Å². The van der Waals surface area contributed by atoms with E-state index in [0.29, 0.717) is 36.4 Å². The predicted octanol–water partition coefficient (Wildman–Crippen LogP) is 4.22. The van der Waals surface area contributed by atoms with Gasteiger partial charge in [0.2, 0.25) is 0 Å². The minimum atomic E-state index is -3.68. The normalized spacial score (nSPS) is 12.1. The second kappa shape index (κ2) is 11.0. The van der Waals surface area contributed by atoms with Crippen LogP contribution in [0, 0.1) is 0 Å². The smallest absolute Gasteiger partial charge is 0.309 e. The van der Waals surface area contributed by atoms with Gasteiger partial charge in [0.15, 0.2) is 0 Å².